The third-order valence-electron chi connectivity index (χ3n) is 3.58. The number of pyridine rings is 1. The first-order valence-corrected chi connectivity index (χ1v) is 7.82. The van der Waals surface area contributed by atoms with Crippen LogP contribution in [0.15, 0.2) is 47.1 Å². The van der Waals surface area contributed by atoms with Crippen molar-refractivity contribution in [3.63, 3.8) is 0 Å². The number of anilines is 1. The van der Waals surface area contributed by atoms with Crippen molar-refractivity contribution in [2.75, 3.05) is 5.32 Å². The second kappa shape index (κ2) is 4.87. The van der Waals surface area contributed by atoms with E-state index in [-0.39, 0.29) is 0 Å². The molecule has 0 unspecified atom stereocenters. The molecule has 0 spiro atoms. The molecule has 20 heavy (non-hydrogen) atoms. The monoisotopic (exact) mass is 282 g/mol. The van der Waals surface area contributed by atoms with Gasteiger partial charge in [0.1, 0.15) is 5.76 Å². The van der Waals surface area contributed by atoms with E-state index in [2.05, 4.69) is 23.5 Å². The van der Waals surface area contributed by atoms with Crippen molar-refractivity contribution in [3.05, 3.63) is 59.7 Å². The van der Waals surface area contributed by atoms with Crippen LogP contribution in [0.3, 0.4) is 0 Å². The number of benzene rings is 1. The summed E-state index contributed by atoms with van der Waals surface area (Å²) < 4.78 is 5.40. The van der Waals surface area contributed by atoms with Gasteiger partial charge in [0.2, 0.25) is 0 Å². The topological polar surface area (TPSA) is 38.1 Å². The Balaban J connectivity index is 1.80. The van der Waals surface area contributed by atoms with E-state index >= 15 is 0 Å². The molecule has 0 radical (unpaired) electrons. The minimum Gasteiger partial charge on any atom is -0.467 e. The molecule has 0 fully saturated rings. The van der Waals surface area contributed by atoms with Gasteiger partial charge in [0, 0.05) is 28.1 Å². The number of nitrogens with zero attached hydrogens (tertiary/aromatic N) is 1. The number of thioether (sulfide) groups is 1. The Kier molecular flexibility index (Phi) is 2.89. The van der Waals surface area contributed by atoms with E-state index < -0.39 is 0 Å². The van der Waals surface area contributed by atoms with Crippen molar-refractivity contribution < 1.29 is 4.42 Å². The van der Waals surface area contributed by atoms with Crippen LogP contribution in [0, 0.1) is 0 Å². The SMILES string of the molecule is c1coc(CNc2c3c(nc4ccccc24)CSC3)c1. The van der Waals surface area contributed by atoms with Crippen LogP contribution in [-0.4, -0.2) is 4.98 Å². The van der Waals surface area contributed by atoms with Gasteiger partial charge in [-0.15, -0.1) is 0 Å². The molecule has 4 heteroatoms. The van der Waals surface area contributed by atoms with Crippen LogP contribution in [-0.2, 0) is 18.1 Å². The predicted octanol–water partition coefficient (Wildman–Crippen LogP) is 4.19. The van der Waals surface area contributed by atoms with Crippen molar-refractivity contribution in [1.29, 1.82) is 0 Å². The Hall–Kier alpha value is -1.94. The fourth-order valence-corrected chi connectivity index (χ4v) is 3.67. The van der Waals surface area contributed by atoms with Crippen LogP contribution in [0.25, 0.3) is 10.9 Å². The maximum atomic E-state index is 5.40. The Bertz CT molecular complexity index is 753. The summed E-state index contributed by atoms with van der Waals surface area (Å²) >= 11 is 1.93. The number of hydrogen-bond donors (Lipinski definition) is 1. The maximum absolute atomic E-state index is 5.40. The van der Waals surface area contributed by atoms with Gasteiger partial charge >= 0.3 is 0 Å². The second-order valence-corrected chi connectivity index (χ2v) is 5.84. The highest BCUT2D eigenvalue weighted by Crippen LogP contribution is 2.38. The van der Waals surface area contributed by atoms with Gasteiger partial charge in [-0.05, 0) is 18.2 Å². The zero-order chi connectivity index (χ0) is 13.4. The molecule has 1 aliphatic rings. The summed E-state index contributed by atoms with van der Waals surface area (Å²) in [5, 5.41) is 4.74. The quantitative estimate of drug-likeness (QED) is 0.782. The van der Waals surface area contributed by atoms with E-state index in [1.807, 2.05) is 30.0 Å². The Morgan fingerprint density at radius 3 is 3.00 bits per heavy atom. The summed E-state index contributed by atoms with van der Waals surface area (Å²) in [6.07, 6.45) is 1.71. The molecule has 3 nitrogen and oxygen atoms in total. The Labute approximate surface area is 121 Å². The van der Waals surface area contributed by atoms with Gasteiger partial charge < -0.3 is 9.73 Å². The van der Waals surface area contributed by atoms with Gasteiger partial charge in [-0.25, -0.2) is 0 Å². The molecule has 1 aromatic carbocycles. The lowest BCUT2D eigenvalue weighted by atomic mass is 10.1. The lowest BCUT2D eigenvalue weighted by Crippen LogP contribution is -2.04. The highest BCUT2D eigenvalue weighted by Gasteiger charge is 2.19. The average Bonchev–Trinajstić information content (AvgIpc) is 3.14. The largest absolute Gasteiger partial charge is 0.467 e. The molecule has 1 aliphatic heterocycles. The molecule has 0 atom stereocenters. The first kappa shape index (κ1) is 11.9. The average molecular weight is 282 g/mol. The summed E-state index contributed by atoms with van der Waals surface area (Å²) in [6.45, 7) is 0.706. The highest BCUT2D eigenvalue weighted by molar-refractivity contribution is 7.98. The van der Waals surface area contributed by atoms with Crippen molar-refractivity contribution >= 4 is 28.4 Å². The minimum absolute atomic E-state index is 0.706. The zero-order valence-corrected chi connectivity index (χ0v) is 11.7. The molecule has 1 N–H and O–H groups in total. The smallest absolute Gasteiger partial charge is 0.122 e. The summed E-state index contributed by atoms with van der Waals surface area (Å²) in [5.74, 6) is 2.99. The van der Waals surface area contributed by atoms with Gasteiger partial charge in [0.25, 0.3) is 0 Å². The van der Waals surface area contributed by atoms with Gasteiger partial charge in [0.15, 0.2) is 0 Å². The van der Waals surface area contributed by atoms with Crippen molar-refractivity contribution in [1.82, 2.24) is 4.98 Å². The molecule has 0 amide bonds. The van der Waals surface area contributed by atoms with E-state index in [1.54, 1.807) is 6.26 Å². The molecule has 4 rings (SSSR count). The number of aromatic nitrogens is 1. The summed E-state index contributed by atoms with van der Waals surface area (Å²) in [7, 11) is 0. The van der Waals surface area contributed by atoms with Gasteiger partial charge in [0.05, 0.1) is 24.0 Å². The van der Waals surface area contributed by atoms with Crippen LogP contribution in [0.4, 0.5) is 5.69 Å². The van der Waals surface area contributed by atoms with Crippen LogP contribution >= 0.6 is 11.8 Å². The fourth-order valence-electron chi connectivity index (χ4n) is 2.62. The van der Waals surface area contributed by atoms with Crippen LogP contribution in [0.1, 0.15) is 17.0 Å². The fraction of sp³-hybridized carbons (Fsp3) is 0.188. The normalized spacial score (nSPS) is 13.6. The number of fused-ring (bicyclic) bond motifs is 2. The summed E-state index contributed by atoms with van der Waals surface area (Å²) in [4.78, 5) is 4.78. The highest BCUT2D eigenvalue weighted by atomic mass is 32.2. The lowest BCUT2D eigenvalue weighted by Gasteiger charge is -2.13. The molecular weight excluding hydrogens is 268 g/mol. The van der Waals surface area contributed by atoms with E-state index in [9.17, 15) is 0 Å². The van der Waals surface area contributed by atoms with Crippen molar-refractivity contribution in [3.8, 4) is 0 Å². The lowest BCUT2D eigenvalue weighted by molar-refractivity contribution is 0.518. The van der Waals surface area contributed by atoms with Gasteiger partial charge in [-0.1, -0.05) is 18.2 Å². The molecule has 100 valence electrons. The Morgan fingerprint density at radius 2 is 2.10 bits per heavy atom. The zero-order valence-electron chi connectivity index (χ0n) is 10.9. The van der Waals surface area contributed by atoms with Crippen LogP contribution in [0.2, 0.25) is 0 Å². The molecular formula is C16H14N2OS. The standard InChI is InChI=1S/C16H14N2OS/c1-2-6-14-12(5-1)16(13-9-20-10-15(13)18-14)17-8-11-4-3-7-19-11/h1-7H,8-10H2,(H,17,18). The van der Waals surface area contributed by atoms with Gasteiger partial charge in [-0.3, -0.25) is 4.98 Å². The number of furan rings is 1. The number of nitrogens with one attached hydrogen (secondary N) is 1. The van der Waals surface area contributed by atoms with Crippen LogP contribution < -0.4 is 5.32 Å². The molecule has 0 saturated heterocycles. The van der Waals surface area contributed by atoms with Crippen molar-refractivity contribution in [2.24, 2.45) is 0 Å². The van der Waals surface area contributed by atoms with E-state index in [0.717, 1.165) is 22.8 Å². The predicted molar refractivity (Wildman–Crippen MR) is 82.8 cm³/mol. The first-order chi connectivity index (χ1) is 9.92. The third-order valence-corrected chi connectivity index (χ3v) is 4.55. The molecule has 3 heterocycles. The Morgan fingerprint density at radius 1 is 1.15 bits per heavy atom. The molecule has 0 aliphatic carbocycles. The maximum Gasteiger partial charge on any atom is 0.122 e. The van der Waals surface area contributed by atoms with E-state index in [4.69, 9.17) is 9.40 Å². The third kappa shape index (κ3) is 1.96. The number of para-hydroxylation sites is 1. The number of hydrogen-bond acceptors (Lipinski definition) is 4. The van der Waals surface area contributed by atoms with E-state index in [0.29, 0.717) is 6.54 Å². The second-order valence-electron chi connectivity index (χ2n) is 4.85. The first-order valence-electron chi connectivity index (χ1n) is 6.66. The summed E-state index contributed by atoms with van der Waals surface area (Å²) in [6, 6.07) is 12.2. The summed E-state index contributed by atoms with van der Waals surface area (Å²) in [5.41, 5.74) is 4.85. The van der Waals surface area contributed by atoms with E-state index in [1.165, 1.54) is 22.3 Å². The molecule has 0 saturated carbocycles. The minimum atomic E-state index is 0.706. The molecule has 2 aromatic heterocycles. The van der Waals surface area contributed by atoms with Crippen molar-refractivity contribution in [2.45, 2.75) is 18.1 Å². The molecule has 3 aromatic rings. The van der Waals surface area contributed by atoms with Crippen LogP contribution in [0.5, 0.6) is 0 Å². The number of rotatable bonds is 3. The molecule has 0 bridgehead atoms. The van der Waals surface area contributed by atoms with Gasteiger partial charge in [-0.2, -0.15) is 11.8 Å².